The number of nitrogens with one attached hydrogen (secondary N) is 1. The van der Waals surface area contributed by atoms with E-state index < -0.39 is 0 Å². The van der Waals surface area contributed by atoms with Gasteiger partial charge in [0.25, 0.3) is 0 Å². The van der Waals surface area contributed by atoms with Crippen molar-refractivity contribution in [2.24, 2.45) is 0 Å². The molecule has 0 fully saturated rings. The van der Waals surface area contributed by atoms with Crippen LogP contribution in [-0.2, 0) is 22.6 Å². The van der Waals surface area contributed by atoms with Crippen LogP contribution in [0.5, 0.6) is 0 Å². The first-order valence-corrected chi connectivity index (χ1v) is 5.78. The standard InChI is InChI=1S/C13H18N2O2/c1-15-8-10-3-4-12(7-11(10)9-15)14-13(16)5-6-17-2/h3-4,7H,5-6,8-9H2,1-2H3,(H,14,16). The van der Waals surface area contributed by atoms with E-state index in [-0.39, 0.29) is 5.91 Å². The minimum atomic E-state index is -0.00171. The lowest BCUT2D eigenvalue weighted by molar-refractivity contribution is -0.117. The molecule has 1 aliphatic rings. The van der Waals surface area contributed by atoms with E-state index in [1.165, 1.54) is 11.1 Å². The summed E-state index contributed by atoms with van der Waals surface area (Å²) >= 11 is 0. The third-order valence-electron chi connectivity index (χ3n) is 2.90. The highest BCUT2D eigenvalue weighted by Gasteiger charge is 2.15. The van der Waals surface area contributed by atoms with E-state index in [1.54, 1.807) is 7.11 Å². The van der Waals surface area contributed by atoms with E-state index in [1.807, 2.05) is 6.07 Å². The highest BCUT2D eigenvalue weighted by molar-refractivity contribution is 5.90. The zero-order valence-electron chi connectivity index (χ0n) is 10.3. The lowest BCUT2D eigenvalue weighted by Gasteiger charge is -2.06. The Morgan fingerprint density at radius 2 is 2.18 bits per heavy atom. The molecule has 1 amide bonds. The zero-order valence-corrected chi connectivity index (χ0v) is 10.3. The summed E-state index contributed by atoms with van der Waals surface area (Å²) < 4.78 is 4.87. The van der Waals surface area contributed by atoms with Gasteiger partial charge in [0, 0.05) is 25.9 Å². The molecule has 0 saturated carbocycles. The van der Waals surface area contributed by atoms with E-state index >= 15 is 0 Å². The zero-order chi connectivity index (χ0) is 12.3. The number of amides is 1. The van der Waals surface area contributed by atoms with Crippen LogP contribution >= 0.6 is 0 Å². The quantitative estimate of drug-likeness (QED) is 0.860. The summed E-state index contributed by atoms with van der Waals surface area (Å²) in [5.41, 5.74) is 3.53. The molecule has 0 atom stereocenters. The molecule has 4 nitrogen and oxygen atoms in total. The molecular weight excluding hydrogens is 216 g/mol. The predicted molar refractivity (Wildman–Crippen MR) is 66.7 cm³/mol. The Morgan fingerprint density at radius 3 is 2.94 bits per heavy atom. The van der Waals surface area contributed by atoms with Gasteiger partial charge in [-0.05, 0) is 30.3 Å². The number of benzene rings is 1. The fourth-order valence-corrected chi connectivity index (χ4v) is 2.06. The van der Waals surface area contributed by atoms with Crippen LogP contribution in [0.2, 0.25) is 0 Å². The van der Waals surface area contributed by atoms with Crippen LogP contribution in [-0.4, -0.2) is 31.6 Å². The van der Waals surface area contributed by atoms with Gasteiger partial charge in [-0.25, -0.2) is 0 Å². The van der Waals surface area contributed by atoms with Crippen LogP contribution < -0.4 is 5.32 Å². The van der Waals surface area contributed by atoms with Crippen molar-refractivity contribution in [3.63, 3.8) is 0 Å². The van der Waals surface area contributed by atoms with Crippen molar-refractivity contribution in [2.45, 2.75) is 19.5 Å². The van der Waals surface area contributed by atoms with Gasteiger partial charge in [0.15, 0.2) is 0 Å². The summed E-state index contributed by atoms with van der Waals surface area (Å²) in [4.78, 5) is 13.8. The molecule has 1 N–H and O–H groups in total. The minimum Gasteiger partial charge on any atom is -0.384 e. The van der Waals surface area contributed by atoms with Gasteiger partial charge in [-0.2, -0.15) is 0 Å². The Kier molecular flexibility index (Phi) is 3.76. The molecule has 0 bridgehead atoms. The number of carbonyl (C=O) groups excluding carboxylic acids is 1. The summed E-state index contributed by atoms with van der Waals surface area (Å²) in [5, 5.41) is 2.88. The fourth-order valence-electron chi connectivity index (χ4n) is 2.06. The van der Waals surface area contributed by atoms with Crippen molar-refractivity contribution in [1.29, 1.82) is 0 Å². The molecule has 0 radical (unpaired) electrons. The number of hydrogen-bond donors (Lipinski definition) is 1. The molecule has 0 spiro atoms. The molecule has 0 unspecified atom stereocenters. The summed E-state index contributed by atoms with van der Waals surface area (Å²) in [6.45, 7) is 2.41. The molecule has 1 aliphatic heterocycles. The van der Waals surface area contributed by atoms with Gasteiger partial charge in [-0.3, -0.25) is 9.69 Å². The second-order valence-electron chi connectivity index (χ2n) is 4.45. The maximum atomic E-state index is 11.5. The van der Waals surface area contributed by atoms with Gasteiger partial charge in [0.05, 0.1) is 13.0 Å². The van der Waals surface area contributed by atoms with Gasteiger partial charge in [0.1, 0.15) is 0 Å². The van der Waals surface area contributed by atoms with Gasteiger partial charge in [-0.1, -0.05) is 6.07 Å². The van der Waals surface area contributed by atoms with Gasteiger partial charge < -0.3 is 10.1 Å². The summed E-state index contributed by atoms with van der Waals surface area (Å²) in [5.74, 6) is -0.00171. The number of nitrogens with zero attached hydrogens (tertiary/aromatic N) is 1. The maximum Gasteiger partial charge on any atom is 0.226 e. The average Bonchev–Trinajstić information content (AvgIpc) is 2.65. The Labute approximate surface area is 102 Å². The first-order chi connectivity index (χ1) is 8.19. The van der Waals surface area contributed by atoms with Crippen molar-refractivity contribution in [1.82, 2.24) is 4.90 Å². The molecule has 1 heterocycles. The Bertz CT molecular complexity index is 418. The Hall–Kier alpha value is -1.39. The maximum absolute atomic E-state index is 11.5. The van der Waals surface area contributed by atoms with E-state index in [2.05, 4.69) is 29.4 Å². The van der Waals surface area contributed by atoms with Crippen LogP contribution in [0.25, 0.3) is 0 Å². The Balaban J connectivity index is 1.99. The third-order valence-corrected chi connectivity index (χ3v) is 2.90. The van der Waals surface area contributed by atoms with Crippen molar-refractivity contribution >= 4 is 11.6 Å². The van der Waals surface area contributed by atoms with Crippen LogP contribution in [0.1, 0.15) is 17.5 Å². The van der Waals surface area contributed by atoms with Crippen molar-refractivity contribution < 1.29 is 9.53 Å². The topological polar surface area (TPSA) is 41.6 Å². The Morgan fingerprint density at radius 1 is 1.41 bits per heavy atom. The smallest absolute Gasteiger partial charge is 0.226 e. The monoisotopic (exact) mass is 234 g/mol. The molecule has 92 valence electrons. The molecule has 4 heteroatoms. The number of rotatable bonds is 4. The first kappa shape index (κ1) is 12.1. The SMILES string of the molecule is COCCC(=O)Nc1ccc2c(c1)CN(C)C2. The van der Waals surface area contributed by atoms with Gasteiger partial charge >= 0.3 is 0 Å². The predicted octanol–water partition coefficient (Wildman–Crippen LogP) is 1.61. The van der Waals surface area contributed by atoms with Crippen LogP contribution in [0.15, 0.2) is 18.2 Å². The van der Waals surface area contributed by atoms with Crippen LogP contribution in [0, 0.1) is 0 Å². The largest absolute Gasteiger partial charge is 0.384 e. The van der Waals surface area contributed by atoms with E-state index in [9.17, 15) is 4.79 Å². The van der Waals surface area contributed by atoms with E-state index in [0.717, 1.165) is 18.8 Å². The number of ether oxygens (including phenoxy) is 1. The highest BCUT2D eigenvalue weighted by atomic mass is 16.5. The number of methoxy groups -OCH3 is 1. The molecule has 1 aromatic rings. The van der Waals surface area contributed by atoms with E-state index in [4.69, 9.17) is 4.74 Å². The third kappa shape index (κ3) is 3.05. The van der Waals surface area contributed by atoms with Crippen molar-refractivity contribution in [3.05, 3.63) is 29.3 Å². The molecule has 0 saturated heterocycles. The summed E-state index contributed by atoms with van der Waals surface area (Å²) in [7, 11) is 3.69. The molecular formula is C13H18N2O2. The number of carbonyl (C=O) groups is 1. The molecule has 0 aromatic heterocycles. The van der Waals surface area contributed by atoms with Crippen molar-refractivity contribution in [2.75, 3.05) is 26.1 Å². The minimum absolute atomic E-state index is 0.00171. The first-order valence-electron chi connectivity index (χ1n) is 5.78. The molecule has 2 rings (SSSR count). The summed E-state index contributed by atoms with van der Waals surface area (Å²) in [6.07, 6.45) is 0.396. The number of fused-ring (bicyclic) bond motifs is 1. The van der Waals surface area contributed by atoms with Gasteiger partial charge in [0.2, 0.25) is 5.91 Å². The lowest BCUT2D eigenvalue weighted by atomic mass is 10.1. The highest BCUT2D eigenvalue weighted by Crippen LogP contribution is 2.24. The number of anilines is 1. The molecule has 17 heavy (non-hydrogen) atoms. The summed E-state index contributed by atoms with van der Waals surface area (Å²) in [6, 6.07) is 6.11. The normalized spacial score (nSPS) is 14.7. The fraction of sp³-hybridized carbons (Fsp3) is 0.462. The van der Waals surface area contributed by atoms with Crippen LogP contribution in [0.3, 0.4) is 0 Å². The molecule has 0 aliphatic carbocycles. The average molecular weight is 234 g/mol. The second-order valence-corrected chi connectivity index (χ2v) is 4.45. The number of hydrogen-bond acceptors (Lipinski definition) is 3. The van der Waals surface area contributed by atoms with Gasteiger partial charge in [-0.15, -0.1) is 0 Å². The van der Waals surface area contributed by atoms with Crippen LogP contribution in [0.4, 0.5) is 5.69 Å². The lowest BCUT2D eigenvalue weighted by Crippen LogP contribution is -2.13. The molecule has 1 aromatic carbocycles. The van der Waals surface area contributed by atoms with E-state index in [0.29, 0.717) is 13.0 Å². The second kappa shape index (κ2) is 5.29. The van der Waals surface area contributed by atoms with Crippen molar-refractivity contribution in [3.8, 4) is 0 Å².